The highest BCUT2D eigenvalue weighted by molar-refractivity contribution is 8.18. The van der Waals surface area contributed by atoms with Gasteiger partial charge >= 0.3 is 6.18 Å². The molecule has 128 valence electrons. The van der Waals surface area contributed by atoms with Crippen molar-refractivity contribution in [1.82, 2.24) is 5.32 Å². The van der Waals surface area contributed by atoms with Crippen molar-refractivity contribution in [2.24, 2.45) is 4.99 Å². The van der Waals surface area contributed by atoms with Gasteiger partial charge in [0.25, 0.3) is 5.91 Å². The fourth-order valence-corrected chi connectivity index (χ4v) is 2.90. The van der Waals surface area contributed by atoms with Crippen molar-refractivity contribution in [1.29, 1.82) is 0 Å². The lowest BCUT2D eigenvalue weighted by Crippen LogP contribution is -2.19. The maximum atomic E-state index is 12.9. The van der Waals surface area contributed by atoms with E-state index >= 15 is 0 Å². The summed E-state index contributed by atoms with van der Waals surface area (Å²) in [6.45, 7) is 0. The van der Waals surface area contributed by atoms with Crippen molar-refractivity contribution in [3.8, 4) is 0 Å². The average molecular weight is 366 g/mol. The van der Waals surface area contributed by atoms with Gasteiger partial charge < -0.3 is 5.32 Å². The third-order valence-electron chi connectivity index (χ3n) is 3.22. The van der Waals surface area contributed by atoms with Gasteiger partial charge in [-0.2, -0.15) is 13.2 Å². The molecule has 1 amide bonds. The van der Waals surface area contributed by atoms with Crippen LogP contribution in [0.3, 0.4) is 0 Å². The summed E-state index contributed by atoms with van der Waals surface area (Å²) >= 11 is 1.00. The van der Waals surface area contributed by atoms with Crippen LogP contribution < -0.4 is 5.32 Å². The van der Waals surface area contributed by atoms with Crippen LogP contribution in [0.25, 0.3) is 6.08 Å². The van der Waals surface area contributed by atoms with E-state index in [9.17, 15) is 22.4 Å². The number of alkyl halides is 3. The molecule has 2 aromatic carbocycles. The number of halogens is 4. The van der Waals surface area contributed by atoms with Gasteiger partial charge in [0.1, 0.15) is 5.82 Å². The molecular formula is C17H10F4N2OS. The van der Waals surface area contributed by atoms with Crippen molar-refractivity contribution in [2.75, 3.05) is 0 Å². The van der Waals surface area contributed by atoms with E-state index in [0.29, 0.717) is 10.5 Å². The van der Waals surface area contributed by atoms with E-state index in [-0.39, 0.29) is 10.9 Å². The van der Waals surface area contributed by atoms with Gasteiger partial charge in [0.05, 0.1) is 16.2 Å². The van der Waals surface area contributed by atoms with Gasteiger partial charge in [-0.15, -0.1) is 0 Å². The molecule has 0 unspecified atom stereocenters. The van der Waals surface area contributed by atoms with Crippen LogP contribution in [0.1, 0.15) is 11.1 Å². The molecule has 0 atom stereocenters. The third kappa shape index (κ3) is 4.27. The predicted molar refractivity (Wildman–Crippen MR) is 88.6 cm³/mol. The minimum absolute atomic E-state index is 0.0839. The zero-order valence-corrected chi connectivity index (χ0v) is 13.3. The Morgan fingerprint density at radius 1 is 1.08 bits per heavy atom. The van der Waals surface area contributed by atoms with Crippen LogP contribution in [-0.4, -0.2) is 11.1 Å². The molecule has 3 rings (SSSR count). The number of nitrogens with zero attached hydrogens (tertiary/aromatic N) is 1. The van der Waals surface area contributed by atoms with Gasteiger partial charge in [0, 0.05) is 0 Å². The number of amides is 1. The number of nitrogens with one attached hydrogen (secondary N) is 1. The second-order valence-corrected chi connectivity index (χ2v) is 6.11. The number of rotatable bonds is 2. The largest absolute Gasteiger partial charge is 0.416 e. The summed E-state index contributed by atoms with van der Waals surface area (Å²) in [5.74, 6) is -0.808. The average Bonchev–Trinajstić information content (AvgIpc) is 2.88. The molecule has 3 nitrogen and oxygen atoms in total. The van der Waals surface area contributed by atoms with Crippen molar-refractivity contribution >= 4 is 34.6 Å². The van der Waals surface area contributed by atoms with Gasteiger partial charge in [-0.1, -0.05) is 18.2 Å². The highest BCUT2D eigenvalue weighted by Gasteiger charge is 2.30. The molecule has 0 bridgehead atoms. The second-order valence-electron chi connectivity index (χ2n) is 5.08. The van der Waals surface area contributed by atoms with E-state index < -0.39 is 23.5 Å². The normalized spacial score (nSPS) is 18.0. The minimum atomic E-state index is -4.46. The van der Waals surface area contributed by atoms with Crippen LogP contribution in [0.2, 0.25) is 0 Å². The van der Waals surface area contributed by atoms with Crippen LogP contribution in [0.4, 0.5) is 23.2 Å². The number of carbonyl (C=O) groups is 1. The molecule has 2 aromatic rings. The van der Waals surface area contributed by atoms with Gasteiger partial charge in [-0.3, -0.25) is 4.79 Å². The van der Waals surface area contributed by atoms with Gasteiger partial charge in [-0.25, -0.2) is 9.38 Å². The lowest BCUT2D eigenvalue weighted by atomic mass is 10.2. The molecule has 25 heavy (non-hydrogen) atoms. The summed E-state index contributed by atoms with van der Waals surface area (Å²) in [7, 11) is 0. The highest BCUT2D eigenvalue weighted by Crippen LogP contribution is 2.33. The zero-order chi connectivity index (χ0) is 18.0. The summed E-state index contributed by atoms with van der Waals surface area (Å²) in [5, 5.41) is 2.67. The van der Waals surface area contributed by atoms with E-state index in [2.05, 4.69) is 10.3 Å². The molecule has 1 saturated heterocycles. The number of thioether (sulfide) groups is 1. The topological polar surface area (TPSA) is 41.5 Å². The molecule has 1 aliphatic rings. The van der Waals surface area contributed by atoms with Gasteiger partial charge in [-0.05, 0) is 53.7 Å². The smallest absolute Gasteiger partial charge is 0.300 e. The van der Waals surface area contributed by atoms with E-state index in [1.54, 1.807) is 6.08 Å². The van der Waals surface area contributed by atoms with Crippen molar-refractivity contribution in [3.63, 3.8) is 0 Å². The molecule has 0 saturated carbocycles. The molecule has 0 radical (unpaired) electrons. The monoisotopic (exact) mass is 366 g/mol. The summed E-state index contributed by atoms with van der Waals surface area (Å²) < 4.78 is 51.0. The molecule has 1 aliphatic heterocycles. The number of carbonyl (C=O) groups excluding carboxylic acids is 1. The quantitative estimate of drug-likeness (QED) is 0.616. The number of amidine groups is 1. The molecule has 0 aromatic heterocycles. The number of benzene rings is 2. The van der Waals surface area contributed by atoms with Gasteiger partial charge in [0.2, 0.25) is 0 Å². The van der Waals surface area contributed by atoms with E-state index in [1.165, 1.54) is 36.4 Å². The molecule has 0 spiro atoms. The van der Waals surface area contributed by atoms with Crippen LogP contribution in [0, 0.1) is 5.82 Å². The first-order valence-electron chi connectivity index (χ1n) is 7.04. The van der Waals surface area contributed by atoms with Crippen molar-refractivity contribution in [2.45, 2.75) is 6.18 Å². The lowest BCUT2D eigenvalue weighted by molar-refractivity contribution is -0.137. The second kappa shape index (κ2) is 6.72. The Balaban J connectivity index is 1.82. The lowest BCUT2D eigenvalue weighted by Gasteiger charge is -2.06. The molecule has 1 heterocycles. The van der Waals surface area contributed by atoms with Crippen LogP contribution in [0.15, 0.2) is 58.4 Å². The fraction of sp³-hybridized carbons (Fsp3) is 0.0588. The predicted octanol–water partition coefficient (Wildman–Crippen LogP) is 4.74. The molecule has 1 fully saturated rings. The standard InChI is InChI=1S/C17H10F4N2OS/c18-12-6-4-10(5-7-12)8-14-15(24)23-16(25-14)22-13-3-1-2-11(9-13)17(19,20)21/h1-9H,(H,22,23,24)/b14-8+. The van der Waals surface area contributed by atoms with E-state index in [1.807, 2.05) is 0 Å². The maximum absolute atomic E-state index is 12.9. The Bertz CT molecular complexity index is 873. The molecule has 0 aliphatic carbocycles. The zero-order valence-electron chi connectivity index (χ0n) is 12.5. The third-order valence-corrected chi connectivity index (χ3v) is 4.13. The minimum Gasteiger partial charge on any atom is -0.300 e. The van der Waals surface area contributed by atoms with Gasteiger partial charge in [0.15, 0.2) is 5.17 Å². The number of aliphatic imine (C=N–C) groups is 1. The van der Waals surface area contributed by atoms with E-state index in [4.69, 9.17) is 0 Å². The Kier molecular flexibility index (Phi) is 4.63. The first-order valence-corrected chi connectivity index (χ1v) is 7.85. The molecular weight excluding hydrogens is 356 g/mol. The van der Waals surface area contributed by atoms with Crippen LogP contribution in [-0.2, 0) is 11.0 Å². The Hall–Kier alpha value is -2.61. The summed E-state index contributed by atoms with van der Waals surface area (Å²) in [6.07, 6.45) is -2.91. The van der Waals surface area contributed by atoms with Crippen molar-refractivity contribution < 1.29 is 22.4 Å². The summed E-state index contributed by atoms with van der Waals surface area (Å²) in [4.78, 5) is 16.3. The highest BCUT2D eigenvalue weighted by atomic mass is 32.2. The number of hydrogen-bond acceptors (Lipinski definition) is 3. The van der Waals surface area contributed by atoms with Crippen LogP contribution >= 0.6 is 11.8 Å². The summed E-state index contributed by atoms with van der Waals surface area (Å²) in [5.41, 5.74) is -0.106. The molecule has 1 N–H and O–H groups in total. The van der Waals surface area contributed by atoms with Crippen molar-refractivity contribution in [3.05, 3.63) is 70.4 Å². The molecule has 8 heteroatoms. The Morgan fingerprint density at radius 3 is 2.48 bits per heavy atom. The maximum Gasteiger partial charge on any atom is 0.416 e. The first-order chi connectivity index (χ1) is 11.8. The fourth-order valence-electron chi connectivity index (χ4n) is 2.06. The summed E-state index contributed by atoms with van der Waals surface area (Å²) in [6, 6.07) is 10.1. The Morgan fingerprint density at radius 2 is 1.80 bits per heavy atom. The SMILES string of the molecule is O=C1NC(=Nc2cccc(C(F)(F)F)c2)S/C1=C/c1ccc(F)cc1. The van der Waals surface area contributed by atoms with Crippen LogP contribution in [0.5, 0.6) is 0 Å². The number of hydrogen-bond donors (Lipinski definition) is 1. The van der Waals surface area contributed by atoms with E-state index in [0.717, 1.165) is 23.9 Å². The first kappa shape index (κ1) is 17.2. The Labute approximate surface area is 144 Å².